The van der Waals surface area contributed by atoms with E-state index in [0.717, 1.165) is 16.8 Å². The summed E-state index contributed by atoms with van der Waals surface area (Å²) in [6.07, 6.45) is 1.66. The average molecular weight is 345 g/mol. The molecule has 1 atom stereocenters. The molecule has 7 heteroatoms. The monoisotopic (exact) mass is 345 g/mol. The molecule has 0 aliphatic carbocycles. The highest BCUT2D eigenvalue weighted by Gasteiger charge is 2.26. The first-order valence-corrected chi connectivity index (χ1v) is 8.75. The predicted octanol–water partition coefficient (Wildman–Crippen LogP) is 3.64. The summed E-state index contributed by atoms with van der Waals surface area (Å²) in [6.45, 7) is 2.03. The fraction of sp³-hybridized carbons (Fsp3) is 0.188. The van der Waals surface area contributed by atoms with Crippen LogP contribution in [-0.2, 0) is 9.53 Å². The molecule has 1 aromatic carbocycles. The van der Waals surface area contributed by atoms with Crippen LogP contribution in [0.1, 0.15) is 16.4 Å². The topological polar surface area (TPSA) is 57.0 Å². The van der Waals surface area contributed by atoms with E-state index in [1.807, 2.05) is 52.6 Å². The van der Waals surface area contributed by atoms with Crippen molar-refractivity contribution in [2.75, 3.05) is 7.11 Å². The standard InChI is InChI=1S/C16H15N3O2S2/c1-11-5-3-4-6-13(11)19-10-17-18-16(19)23-14(15(20)21-2)12-7-8-22-9-12/h3-10,14H,1-2H3/t14-/m1/s1. The lowest BCUT2D eigenvalue weighted by Gasteiger charge is -2.14. The number of nitrogens with zero attached hydrogens (tertiary/aromatic N) is 3. The van der Waals surface area contributed by atoms with Gasteiger partial charge in [0.15, 0.2) is 5.16 Å². The Morgan fingerprint density at radius 3 is 2.87 bits per heavy atom. The number of esters is 1. The molecular weight excluding hydrogens is 330 g/mol. The van der Waals surface area contributed by atoms with Crippen molar-refractivity contribution in [2.24, 2.45) is 0 Å². The number of hydrogen-bond acceptors (Lipinski definition) is 6. The van der Waals surface area contributed by atoms with Crippen LogP contribution >= 0.6 is 23.1 Å². The Morgan fingerprint density at radius 2 is 2.17 bits per heavy atom. The van der Waals surface area contributed by atoms with Gasteiger partial charge in [0.05, 0.1) is 12.8 Å². The third-order valence-electron chi connectivity index (χ3n) is 3.38. The number of para-hydroxylation sites is 1. The fourth-order valence-corrected chi connectivity index (χ4v) is 4.00. The van der Waals surface area contributed by atoms with Gasteiger partial charge in [-0.3, -0.25) is 9.36 Å². The maximum atomic E-state index is 12.2. The summed E-state index contributed by atoms with van der Waals surface area (Å²) < 4.78 is 6.83. The van der Waals surface area contributed by atoms with E-state index in [1.165, 1.54) is 18.9 Å². The maximum Gasteiger partial charge on any atom is 0.323 e. The Hall–Kier alpha value is -2.12. The number of thiophene rings is 1. The van der Waals surface area contributed by atoms with E-state index in [9.17, 15) is 4.79 Å². The van der Waals surface area contributed by atoms with Gasteiger partial charge in [-0.2, -0.15) is 11.3 Å². The molecule has 3 aromatic rings. The number of methoxy groups -OCH3 is 1. The van der Waals surface area contributed by atoms with E-state index in [-0.39, 0.29) is 5.97 Å². The van der Waals surface area contributed by atoms with Crippen LogP contribution < -0.4 is 0 Å². The lowest BCUT2D eigenvalue weighted by atomic mass is 10.2. The van der Waals surface area contributed by atoms with Crippen molar-refractivity contribution >= 4 is 29.1 Å². The van der Waals surface area contributed by atoms with Gasteiger partial charge in [0.25, 0.3) is 0 Å². The molecule has 0 saturated heterocycles. The van der Waals surface area contributed by atoms with Crippen LogP contribution in [0.25, 0.3) is 5.69 Å². The molecule has 23 heavy (non-hydrogen) atoms. The van der Waals surface area contributed by atoms with Gasteiger partial charge in [-0.1, -0.05) is 30.0 Å². The average Bonchev–Trinajstić information content (AvgIpc) is 3.24. The highest BCUT2D eigenvalue weighted by atomic mass is 32.2. The third kappa shape index (κ3) is 3.30. The Labute approximate surface area is 142 Å². The second kappa shape index (κ2) is 6.97. The molecule has 0 fully saturated rings. The minimum absolute atomic E-state index is 0.298. The molecule has 0 N–H and O–H groups in total. The van der Waals surface area contributed by atoms with E-state index in [0.29, 0.717) is 5.16 Å². The van der Waals surface area contributed by atoms with Crippen molar-refractivity contribution in [3.63, 3.8) is 0 Å². The van der Waals surface area contributed by atoms with Crippen molar-refractivity contribution in [3.05, 3.63) is 58.5 Å². The van der Waals surface area contributed by atoms with Gasteiger partial charge in [0.1, 0.15) is 11.6 Å². The lowest BCUT2D eigenvalue weighted by molar-refractivity contribution is -0.140. The van der Waals surface area contributed by atoms with Crippen molar-refractivity contribution in [1.82, 2.24) is 14.8 Å². The minimum Gasteiger partial charge on any atom is -0.468 e. The summed E-state index contributed by atoms with van der Waals surface area (Å²) >= 11 is 2.88. The number of thioether (sulfide) groups is 1. The van der Waals surface area contributed by atoms with Gasteiger partial charge >= 0.3 is 5.97 Å². The van der Waals surface area contributed by atoms with Crippen LogP contribution in [0.15, 0.2) is 52.6 Å². The summed E-state index contributed by atoms with van der Waals surface area (Å²) in [5.74, 6) is -0.298. The number of carbonyl (C=O) groups is 1. The van der Waals surface area contributed by atoms with E-state index < -0.39 is 5.25 Å². The summed E-state index contributed by atoms with van der Waals surface area (Å²) in [4.78, 5) is 12.2. The SMILES string of the molecule is COC(=O)[C@H](Sc1nncn1-c1ccccc1C)c1ccsc1. The van der Waals surface area contributed by atoms with Crippen molar-refractivity contribution in [3.8, 4) is 5.69 Å². The van der Waals surface area contributed by atoms with E-state index in [1.54, 1.807) is 17.7 Å². The van der Waals surface area contributed by atoms with Crippen LogP contribution in [0.4, 0.5) is 0 Å². The van der Waals surface area contributed by atoms with Gasteiger partial charge in [-0.05, 0) is 40.9 Å². The van der Waals surface area contributed by atoms with Gasteiger partial charge in [-0.15, -0.1) is 10.2 Å². The number of rotatable bonds is 5. The Balaban J connectivity index is 1.95. The molecule has 0 spiro atoms. The van der Waals surface area contributed by atoms with E-state index >= 15 is 0 Å². The molecule has 0 radical (unpaired) electrons. The molecule has 2 aromatic heterocycles. The number of aromatic nitrogens is 3. The normalized spacial score (nSPS) is 12.1. The molecule has 0 bridgehead atoms. The summed E-state index contributed by atoms with van der Waals surface area (Å²) in [5, 5.41) is 12.3. The Kier molecular flexibility index (Phi) is 4.78. The first-order valence-electron chi connectivity index (χ1n) is 6.93. The molecule has 5 nitrogen and oxygen atoms in total. The van der Waals surface area contributed by atoms with Crippen LogP contribution in [0.2, 0.25) is 0 Å². The zero-order valence-corrected chi connectivity index (χ0v) is 14.3. The maximum absolute atomic E-state index is 12.2. The number of ether oxygens (including phenoxy) is 1. The Bertz CT molecular complexity index is 799. The highest BCUT2D eigenvalue weighted by molar-refractivity contribution is 8.00. The fourth-order valence-electron chi connectivity index (χ4n) is 2.19. The zero-order chi connectivity index (χ0) is 16.2. The van der Waals surface area contributed by atoms with Crippen LogP contribution in [0.5, 0.6) is 0 Å². The molecule has 0 amide bonds. The molecule has 3 rings (SSSR count). The number of hydrogen-bond donors (Lipinski definition) is 0. The number of aryl methyl sites for hydroxylation is 1. The third-order valence-corrected chi connectivity index (χ3v) is 5.27. The molecule has 0 saturated carbocycles. The summed E-state index contributed by atoms with van der Waals surface area (Å²) in [6, 6.07) is 9.90. The van der Waals surface area contributed by atoms with Gasteiger partial charge in [0.2, 0.25) is 0 Å². The van der Waals surface area contributed by atoms with E-state index in [2.05, 4.69) is 10.2 Å². The molecule has 0 aliphatic rings. The van der Waals surface area contributed by atoms with Crippen LogP contribution in [0.3, 0.4) is 0 Å². The van der Waals surface area contributed by atoms with Crippen molar-refractivity contribution in [2.45, 2.75) is 17.3 Å². The second-order valence-electron chi connectivity index (χ2n) is 4.85. The van der Waals surface area contributed by atoms with Crippen LogP contribution in [0, 0.1) is 6.92 Å². The van der Waals surface area contributed by atoms with Crippen molar-refractivity contribution < 1.29 is 9.53 Å². The lowest BCUT2D eigenvalue weighted by Crippen LogP contribution is -2.11. The van der Waals surface area contributed by atoms with E-state index in [4.69, 9.17) is 4.74 Å². The minimum atomic E-state index is -0.460. The second-order valence-corrected chi connectivity index (χ2v) is 6.70. The largest absolute Gasteiger partial charge is 0.468 e. The smallest absolute Gasteiger partial charge is 0.323 e. The van der Waals surface area contributed by atoms with Crippen molar-refractivity contribution in [1.29, 1.82) is 0 Å². The Morgan fingerprint density at radius 1 is 1.35 bits per heavy atom. The summed E-state index contributed by atoms with van der Waals surface area (Å²) in [7, 11) is 1.40. The van der Waals surface area contributed by atoms with Gasteiger partial charge in [0, 0.05) is 0 Å². The first-order chi connectivity index (χ1) is 11.2. The molecule has 0 aliphatic heterocycles. The van der Waals surface area contributed by atoms with Gasteiger partial charge < -0.3 is 4.74 Å². The predicted molar refractivity (Wildman–Crippen MR) is 91.0 cm³/mol. The molecule has 0 unspecified atom stereocenters. The number of benzene rings is 1. The highest BCUT2D eigenvalue weighted by Crippen LogP contribution is 2.37. The zero-order valence-electron chi connectivity index (χ0n) is 12.7. The summed E-state index contributed by atoms with van der Waals surface area (Å²) in [5.41, 5.74) is 3.01. The quantitative estimate of drug-likeness (QED) is 0.522. The number of carbonyl (C=O) groups excluding carboxylic acids is 1. The van der Waals surface area contributed by atoms with Gasteiger partial charge in [-0.25, -0.2) is 0 Å². The molecule has 118 valence electrons. The van der Waals surface area contributed by atoms with Crippen LogP contribution in [-0.4, -0.2) is 27.8 Å². The first kappa shape index (κ1) is 15.8. The molecule has 2 heterocycles. The molecular formula is C16H15N3O2S2.